The number of carboxylic acid groups (broad SMARTS) is 1. The lowest BCUT2D eigenvalue weighted by molar-refractivity contribution is -0.142. The van der Waals surface area contributed by atoms with Crippen LogP contribution in [0.25, 0.3) is 0 Å². The van der Waals surface area contributed by atoms with E-state index in [0.29, 0.717) is 32.1 Å². The Hall–Kier alpha value is -6.58. The van der Waals surface area contributed by atoms with Crippen LogP contribution in [-0.4, -0.2) is 82.6 Å². The van der Waals surface area contributed by atoms with Gasteiger partial charge in [0.25, 0.3) is 0 Å². The van der Waals surface area contributed by atoms with Crippen LogP contribution in [0.5, 0.6) is 0 Å². The molecular weight excluding hydrogens is 891 g/mol. The second-order valence-electron chi connectivity index (χ2n) is 18.3. The summed E-state index contributed by atoms with van der Waals surface area (Å²) in [7, 11) is 0. The van der Waals surface area contributed by atoms with Gasteiger partial charge >= 0.3 is 5.97 Å². The molecule has 0 aliphatic heterocycles. The van der Waals surface area contributed by atoms with Crippen molar-refractivity contribution in [1.82, 2.24) is 26.6 Å². The maximum atomic E-state index is 13.9. The summed E-state index contributed by atoms with van der Waals surface area (Å²) in [6, 6.07) is 22.5. The molecule has 3 rings (SSSR count). The zero-order valence-electron chi connectivity index (χ0n) is 41.1. The number of nitrogens with two attached hydrogens (primary N) is 2. The number of nitrogens with one attached hydrogen (secondary N) is 5. The molecule has 0 aliphatic carbocycles. The van der Waals surface area contributed by atoms with E-state index in [2.05, 4.69) is 26.6 Å². The number of aliphatic carboxylic acids is 1. The van der Waals surface area contributed by atoms with Crippen molar-refractivity contribution in [3.8, 4) is 0 Å². The number of carboxylic acids is 1. The molecule has 382 valence electrons. The van der Waals surface area contributed by atoms with Gasteiger partial charge in [-0.15, -0.1) is 0 Å². The summed E-state index contributed by atoms with van der Waals surface area (Å²) in [6.45, 7) is 3.77. The van der Waals surface area contributed by atoms with E-state index in [1.54, 1.807) is 30.3 Å². The number of hydrogen-bond acceptors (Lipinski definition) is 8. The molecule has 0 radical (unpaired) electrons. The summed E-state index contributed by atoms with van der Waals surface area (Å²) < 4.78 is 0. The summed E-state index contributed by atoms with van der Waals surface area (Å²) in [6.07, 6.45) is 13.2. The fraction of sp³-hybridized carbons (Fsp3) is 0.519. The summed E-state index contributed by atoms with van der Waals surface area (Å²) >= 11 is 0. The molecule has 0 aliphatic rings. The molecular formula is C54H77N7O9. The van der Waals surface area contributed by atoms with E-state index in [-0.39, 0.29) is 37.5 Å². The van der Waals surface area contributed by atoms with Gasteiger partial charge in [-0.25, -0.2) is 4.79 Å². The molecule has 2 unspecified atom stereocenters. The minimum absolute atomic E-state index is 0.0655. The Labute approximate surface area is 413 Å². The first-order valence-corrected chi connectivity index (χ1v) is 25.1. The van der Waals surface area contributed by atoms with E-state index in [1.807, 2.05) is 74.5 Å². The van der Waals surface area contributed by atoms with Crippen LogP contribution in [0.2, 0.25) is 0 Å². The fourth-order valence-electron chi connectivity index (χ4n) is 8.10. The zero-order valence-corrected chi connectivity index (χ0v) is 41.1. The highest BCUT2D eigenvalue weighted by Crippen LogP contribution is 2.15. The molecule has 0 saturated carbocycles. The molecule has 3 aromatic rings. The Balaban J connectivity index is 1.31. The maximum Gasteiger partial charge on any atom is 0.326 e. The Morgan fingerprint density at radius 2 is 0.871 bits per heavy atom. The summed E-state index contributed by atoms with van der Waals surface area (Å²) in [5.74, 6) is -5.33. The molecule has 0 saturated heterocycles. The average molecular weight is 968 g/mol. The van der Waals surface area contributed by atoms with Crippen LogP contribution >= 0.6 is 0 Å². The number of amides is 7. The van der Waals surface area contributed by atoms with Gasteiger partial charge in [-0.05, 0) is 48.3 Å². The molecule has 70 heavy (non-hydrogen) atoms. The van der Waals surface area contributed by atoms with Gasteiger partial charge in [0, 0.05) is 25.7 Å². The number of unbranched alkanes of at least 4 members (excludes halogenated alkanes) is 11. The number of hydrogen-bond donors (Lipinski definition) is 8. The normalized spacial score (nSPS) is 13.6. The van der Waals surface area contributed by atoms with Crippen LogP contribution in [0.3, 0.4) is 0 Å². The summed E-state index contributed by atoms with van der Waals surface area (Å²) in [5.41, 5.74) is 13.7. The molecule has 0 aromatic heterocycles. The van der Waals surface area contributed by atoms with Gasteiger partial charge in [-0.1, -0.05) is 175 Å². The van der Waals surface area contributed by atoms with Gasteiger partial charge in [0.05, 0.1) is 6.42 Å². The van der Waals surface area contributed by atoms with Crippen molar-refractivity contribution in [3.63, 3.8) is 0 Å². The third-order valence-corrected chi connectivity index (χ3v) is 12.5. The molecule has 0 fully saturated rings. The third kappa shape index (κ3) is 23.6. The molecule has 16 nitrogen and oxygen atoms in total. The third-order valence-electron chi connectivity index (χ3n) is 12.5. The number of rotatable bonds is 36. The largest absolute Gasteiger partial charge is 0.480 e. The van der Waals surface area contributed by atoms with E-state index in [1.165, 1.54) is 0 Å². The zero-order chi connectivity index (χ0) is 51.1. The average Bonchev–Trinajstić information content (AvgIpc) is 3.34. The lowest BCUT2D eigenvalue weighted by Gasteiger charge is -2.28. The second kappa shape index (κ2) is 33.0. The van der Waals surface area contributed by atoms with Gasteiger partial charge in [0.15, 0.2) is 0 Å². The highest BCUT2D eigenvalue weighted by Gasteiger charge is 2.32. The molecule has 6 atom stereocenters. The van der Waals surface area contributed by atoms with Crippen molar-refractivity contribution < 1.29 is 43.5 Å². The lowest BCUT2D eigenvalue weighted by Crippen LogP contribution is -2.58. The Kier molecular flexibility index (Phi) is 27.3. The molecule has 3 aromatic carbocycles. The molecule has 10 N–H and O–H groups in total. The van der Waals surface area contributed by atoms with Crippen LogP contribution in [0.1, 0.15) is 140 Å². The van der Waals surface area contributed by atoms with Crippen molar-refractivity contribution in [2.75, 3.05) is 0 Å². The van der Waals surface area contributed by atoms with Crippen molar-refractivity contribution in [2.24, 2.45) is 17.4 Å². The number of primary amides is 2. The van der Waals surface area contributed by atoms with Crippen LogP contribution in [-0.2, 0) is 57.6 Å². The highest BCUT2D eigenvalue weighted by molar-refractivity contribution is 5.94. The number of benzene rings is 3. The number of carbonyl (C=O) groups is 8. The van der Waals surface area contributed by atoms with Crippen molar-refractivity contribution in [3.05, 3.63) is 108 Å². The van der Waals surface area contributed by atoms with E-state index >= 15 is 0 Å². The van der Waals surface area contributed by atoms with Crippen LogP contribution in [0.4, 0.5) is 0 Å². The van der Waals surface area contributed by atoms with Crippen molar-refractivity contribution in [1.29, 1.82) is 0 Å². The van der Waals surface area contributed by atoms with Crippen LogP contribution in [0.15, 0.2) is 91.0 Å². The summed E-state index contributed by atoms with van der Waals surface area (Å²) in [4.78, 5) is 102. The minimum Gasteiger partial charge on any atom is -0.480 e. The number of aryl methyl sites for hydroxylation is 1. The first-order valence-electron chi connectivity index (χ1n) is 25.1. The molecule has 0 bridgehead atoms. The SMILES string of the molecule is CCC(C)[C@@H](NC(=O)C(CCc1ccccc1)NC(=O)CCCCCCCCCCCCCCC(=O)N[C@H](CC(=O)N[C@@H](Cc1ccccc1)C(=O)O)C(N)=O)C(=O)N[C@@H](Cc1ccccc1)C(N)=O. The molecule has 16 heteroatoms. The van der Waals surface area contributed by atoms with Gasteiger partial charge in [-0.3, -0.25) is 33.6 Å². The fourth-order valence-corrected chi connectivity index (χ4v) is 8.10. The highest BCUT2D eigenvalue weighted by atomic mass is 16.4. The predicted molar refractivity (Wildman–Crippen MR) is 269 cm³/mol. The lowest BCUT2D eigenvalue weighted by atomic mass is 9.96. The smallest absolute Gasteiger partial charge is 0.326 e. The predicted octanol–water partition coefficient (Wildman–Crippen LogP) is 5.48. The quantitative estimate of drug-likeness (QED) is 0.0343. The minimum atomic E-state index is -1.25. The van der Waals surface area contributed by atoms with Crippen molar-refractivity contribution >= 4 is 47.3 Å². The van der Waals surface area contributed by atoms with Gasteiger partial charge in [0.2, 0.25) is 41.4 Å². The van der Waals surface area contributed by atoms with E-state index < -0.39 is 78.0 Å². The van der Waals surface area contributed by atoms with E-state index in [4.69, 9.17) is 11.5 Å². The van der Waals surface area contributed by atoms with Crippen molar-refractivity contribution in [2.45, 2.75) is 172 Å². The van der Waals surface area contributed by atoms with E-state index in [0.717, 1.165) is 80.9 Å². The summed E-state index contributed by atoms with van der Waals surface area (Å²) in [5, 5.41) is 23.1. The first-order chi connectivity index (χ1) is 33.7. The van der Waals surface area contributed by atoms with Crippen LogP contribution in [0, 0.1) is 5.92 Å². The van der Waals surface area contributed by atoms with Gasteiger partial charge in [-0.2, -0.15) is 0 Å². The topological polar surface area (TPSA) is 269 Å². The monoisotopic (exact) mass is 968 g/mol. The second-order valence-corrected chi connectivity index (χ2v) is 18.3. The van der Waals surface area contributed by atoms with Crippen LogP contribution < -0.4 is 38.1 Å². The maximum absolute atomic E-state index is 13.9. The molecule has 7 amide bonds. The first kappa shape index (κ1) is 57.7. The number of carbonyl (C=O) groups excluding carboxylic acids is 7. The van der Waals surface area contributed by atoms with Gasteiger partial charge < -0.3 is 43.2 Å². The Bertz CT molecular complexity index is 2070. The molecule has 0 spiro atoms. The Morgan fingerprint density at radius 3 is 1.30 bits per heavy atom. The standard InChI is InChI=1S/C54H77N7O9/c1-3-38(2)49(53(68)60-43(50(55)65)35-40-27-19-15-20-28-40)61-52(67)42(34-33-39-25-17-14-18-26-39)57-46(62)31-23-12-10-8-6-4-5-7-9-11-13-24-32-47(63)58-44(51(56)66)37-48(64)59-45(54(69)70)36-41-29-21-16-22-30-41/h14-22,25-30,38,42-45,49H,3-13,23-24,31-37H2,1-2H3,(H2,55,65)(H2,56,66)(H,57,62)(H,58,63)(H,59,64)(H,60,68)(H,61,67)(H,69,70)/t38?,42?,43-,44+,45-,49+/m0/s1. The van der Waals surface area contributed by atoms with Gasteiger partial charge in [0.1, 0.15) is 30.2 Å². The molecule has 0 heterocycles. The van der Waals surface area contributed by atoms with E-state index in [9.17, 15) is 43.5 Å². The Morgan fingerprint density at radius 1 is 0.471 bits per heavy atom.